The normalized spacial score (nSPS) is 17.7. The predicted molar refractivity (Wildman–Crippen MR) is 72.9 cm³/mol. The quantitative estimate of drug-likeness (QED) is 0.783. The molecule has 1 aromatic rings. The molecule has 1 saturated carbocycles. The maximum absolute atomic E-state index is 11.5. The molecule has 0 bridgehead atoms. The minimum atomic E-state index is 0.200. The third-order valence-corrected chi connectivity index (χ3v) is 3.79. The van der Waals surface area contributed by atoms with Gasteiger partial charge in [-0.1, -0.05) is 0 Å². The van der Waals surface area contributed by atoms with E-state index in [4.69, 9.17) is 0 Å². The van der Waals surface area contributed by atoms with Crippen molar-refractivity contribution >= 4 is 11.7 Å². The Labute approximate surface area is 113 Å². The Bertz CT molecular complexity index is 471. The maximum atomic E-state index is 11.5. The van der Waals surface area contributed by atoms with Crippen molar-refractivity contribution in [3.8, 4) is 0 Å². The minimum Gasteiger partial charge on any atom is -0.368 e. The van der Waals surface area contributed by atoms with E-state index in [1.807, 2.05) is 0 Å². The number of carbonyl (C=O) groups excluding carboxylic acids is 1. The van der Waals surface area contributed by atoms with Gasteiger partial charge in [-0.15, -0.1) is 0 Å². The molecule has 0 spiro atoms. The third kappa shape index (κ3) is 3.03. The van der Waals surface area contributed by atoms with E-state index in [0.717, 1.165) is 38.0 Å². The standard InChI is InChI=1S/C14H20N4O/c19-14(10-5-6-10)16-8-7-15-13-11-3-1-2-4-12(11)17-9-18-13/h9-10H,1-8H2,(H,16,19)(H,15,17,18). The number of anilines is 1. The second-order valence-electron chi connectivity index (χ2n) is 5.35. The Morgan fingerprint density at radius 1 is 1.21 bits per heavy atom. The van der Waals surface area contributed by atoms with Crippen LogP contribution in [0.1, 0.15) is 36.9 Å². The van der Waals surface area contributed by atoms with Crippen LogP contribution < -0.4 is 10.6 Å². The first-order valence-corrected chi connectivity index (χ1v) is 7.19. The third-order valence-electron chi connectivity index (χ3n) is 3.79. The highest BCUT2D eigenvalue weighted by atomic mass is 16.2. The molecule has 0 radical (unpaired) electrons. The van der Waals surface area contributed by atoms with Gasteiger partial charge in [0.15, 0.2) is 0 Å². The van der Waals surface area contributed by atoms with E-state index >= 15 is 0 Å². The summed E-state index contributed by atoms with van der Waals surface area (Å²) in [7, 11) is 0. The van der Waals surface area contributed by atoms with E-state index in [1.165, 1.54) is 24.1 Å². The highest BCUT2D eigenvalue weighted by molar-refractivity contribution is 5.80. The highest BCUT2D eigenvalue weighted by Crippen LogP contribution is 2.28. The monoisotopic (exact) mass is 260 g/mol. The van der Waals surface area contributed by atoms with Crippen molar-refractivity contribution in [3.05, 3.63) is 17.6 Å². The molecular weight excluding hydrogens is 240 g/mol. The highest BCUT2D eigenvalue weighted by Gasteiger charge is 2.28. The van der Waals surface area contributed by atoms with E-state index in [-0.39, 0.29) is 11.8 Å². The number of hydrogen-bond acceptors (Lipinski definition) is 4. The molecule has 0 aromatic carbocycles. The summed E-state index contributed by atoms with van der Waals surface area (Å²) in [6.07, 6.45) is 8.30. The van der Waals surface area contributed by atoms with Crippen molar-refractivity contribution < 1.29 is 4.79 Å². The lowest BCUT2D eigenvalue weighted by atomic mass is 9.96. The van der Waals surface area contributed by atoms with Crippen molar-refractivity contribution in [1.29, 1.82) is 0 Å². The van der Waals surface area contributed by atoms with E-state index in [1.54, 1.807) is 6.33 Å². The van der Waals surface area contributed by atoms with Crippen LogP contribution in [-0.4, -0.2) is 29.0 Å². The number of fused-ring (bicyclic) bond motifs is 1. The van der Waals surface area contributed by atoms with Crippen LogP contribution in [0.2, 0.25) is 0 Å². The van der Waals surface area contributed by atoms with Crippen molar-refractivity contribution in [2.45, 2.75) is 38.5 Å². The molecule has 5 heteroatoms. The lowest BCUT2D eigenvalue weighted by Crippen LogP contribution is -2.30. The number of nitrogens with zero attached hydrogens (tertiary/aromatic N) is 2. The summed E-state index contributed by atoms with van der Waals surface area (Å²) in [5, 5.41) is 6.27. The van der Waals surface area contributed by atoms with Crippen LogP contribution in [0.3, 0.4) is 0 Å². The van der Waals surface area contributed by atoms with Gasteiger partial charge in [0.2, 0.25) is 5.91 Å². The molecular formula is C14H20N4O. The van der Waals surface area contributed by atoms with Crippen LogP contribution in [0, 0.1) is 5.92 Å². The minimum absolute atomic E-state index is 0.200. The molecule has 19 heavy (non-hydrogen) atoms. The molecule has 2 aliphatic carbocycles. The van der Waals surface area contributed by atoms with E-state index < -0.39 is 0 Å². The van der Waals surface area contributed by atoms with E-state index in [2.05, 4.69) is 20.6 Å². The van der Waals surface area contributed by atoms with Crippen LogP contribution in [0.4, 0.5) is 5.82 Å². The van der Waals surface area contributed by atoms with Crippen LogP contribution in [-0.2, 0) is 17.6 Å². The Morgan fingerprint density at radius 2 is 2.05 bits per heavy atom. The molecule has 2 N–H and O–H groups in total. The average molecular weight is 260 g/mol. The molecule has 0 unspecified atom stereocenters. The zero-order valence-electron chi connectivity index (χ0n) is 11.1. The topological polar surface area (TPSA) is 66.9 Å². The molecule has 0 atom stereocenters. The van der Waals surface area contributed by atoms with E-state index in [9.17, 15) is 4.79 Å². The van der Waals surface area contributed by atoms with Crippen LogP contribution in [0.15, 0.2) is 6.33 Å². The molecule has 0 saturated heterocycles. The lowest BCUT2D eigenvalue weighted by molar-refractivity contribution is -0.122. The number of hydrogen-bond donors (Lipinski definition) is 2. The molecule has 102 valence electrons. The SMILES string of the molecule is O=C(NCCNc1ncnc2c1CCCC2)C1CC1. The number of aromatic nitrogens is 2. The second-order valence-corrected chi connectivity index (χ2v) is 5.35. The van der Waals surface area contributed by atoms with Crippen molar-refractivity contribution in [1.82, 2.24) is 15.3 Å². The molecule has 2 aliphatic rings. The van der Waals surface area contributed by atoms with Gasteiger partial charge in [-0.2, -0.15) is 0 Å². The number of nitrogens with one attached hydrogen (secondary N) is 2. The smallest absolute Gasteiger partial charge is 0.223 e. The first-order valence-electron chi connectivity index (χ1n) is 7.19. The number of aryl methyl sites for hydroxylation is 1. The number of carbonyl (C=O) groups is 1. The van der Waals surface area contributed by atoms with Gasteiger partial charge in [0.05, 0.1) is 0 Å². The average Bonchev–Trinajstić information content (AvgIpc) is 3.28. The Morgan fingerprint density at radius 3 is 2.89 bits per heavy atom. The summed E-state index contributed by atoms with van der Waals surface area (Å²) in [6.45, 7) is 1.38. The molecule has 5 nitrogen and oxygen atoms in total. The van der Waals surface area contributed by atoms with E-state index in [0.29, 0.717) is 6.54 Å². The number of rotatable bonds is 5. The summed E-state index contributed by atoms with van der Waals surface area (Å²) in [6, 6.07) is 0. The Balaban J connectivity index is 1.50. The first-order chi connectivity index (χ1) is 9.34. The number of amides is 1. The largest absolute Gasteiger partial charge is 0.368 e. The van der Waals surface area contributed by atoms with Crippen LogP contribution in [0.5, 0.6) is 0 Å². The van der Waals surface area contributed by atoms with Gasteiger partial charge in [-0.25, -0.2) is 9.97 Å². The van der Waals surface area contributed by atoms with Gasteiger partial charge in [0.25, 0.3) is 0 Å². The molecule has 1 fully saturated rings. The Kier molecular flexibility index (Phi) is 3.62. The zero-order valence-corrected chi connectivity index (χ0v) is 11.1. The summed E-state index contributed by atoms with van der Waals surface area (Å²) < 4.78 is 0. The van der Waals surface area contributed by atoms with Gasteiger partial charge >= 0.3 is 0 Å². The first kappa shape index (κ1) is 12.4. The van der Waals surface area contributed by atoms with Crippen LogP contribution in [0.25, 0.3) is 0 Å². The lowest BCUT2D eigenvalue weighted by Gasteiger charge is -2.18. The summed E-state index contributed by atoms with van der Waals surface area (Å²) in [5.41, 5.74) is 2.45. The van der Waals surface area contributed by atoms with Gasteiger partial charge < -0.3 is 10.6 Å². The second kappa shape index (κ2) is 5.55. The van der Waals surface area contributed by atoms with Gasteiger partial charge in [-0.05, 0) is 38.5 Å². The van der Waals surface area contributed by atoms with Crippen molar-refractivity contribution in [2.24, 2.45) is 5.92 Å². The summed E-state index contributed by atoms with van der Waals surface area (Å²) in [4.78, 5) is 20.2. The molecule has 1 amide bonds. The predicted octanol–water partition coefficient (Wildman–Crippen LogP) is 1.29. The fraction of sp³-hybridized carbons (Fsp3) is 0.643. The zero-order chi connectivity index (χ0) is 13.1. The molecule has 3 rings (SSSR count). The summed E-state index contributed by atoms with van der Waals surface area (Å²) >= 11 is 0. The Hall–Kier alpha value is -1.65. The van der Waals surface area contributed by atoms with Crippen molar-refractivity contribution in [2.75, 3.05) is 18.4 Å². The maximum Gasteiger partial charge on any atom is 0.223 e. The fourth-order valence-corrected chi connectivity index (χ4v) is 2.53. The van der Waals surface area contributed by atoms with Gasteiger partial charge in [0.1, 0.15) is 12.1 Å². The van der Waals surface area contributed by atoms with Gasteiger partial charge in [0, 0.05) is 30.3 Å². The summed E-state index contributed by atoms with van der Waals surface area (Å²) in [5.74, 6) is 1.43. The fourth-order valence-electron chi connectivity index (χ4n) is 2.53. The molecule has 1 heterocycles. The van der Waals surface area contributed by atoms with Gasteiger partial charge in [-0.3, -0.25) is 4.79 Å². The molecule has 1 aromatic heterocycles. The van der Waals surface area contributed by atoms with Crippen molar-refractivity contribution in [3.63, 3.8) is 0 Å². The molecule has 0 aliphatic heterocycles. The van der Waals surface area contributed by atoms with Crippen LogP contribution >= 0.6 is 0 Å².